The predicted molar refractivity (Wildman–Crippen MR) is 107 cm³/mol. The summed E-state index contributed by atoms with van der Waals surface area (Å²) in [7, 11) is 0. The van der Waals surface area contributed by atoms with Gasteiger partial charge in [0.2, 0.25) is 5.91 Å². The van der Waals surface area contributed by atoms with Crippen molar-refractivity contribution in [3.8, 4) is 9.88 Å². The van der Waals surface area contributed by atoms with E-state index in [1.54, 1.807) is 0 Å². The number of nitrogens with one attached hydrogen (secondary N) is 2. The highest BCUT2D eigenvalue weighted by atomic mass is 35.5. The minimum atomic E-state index is -0.152. The van der Waals surface area contributed by atoms with Gasteiger partial charge in [0.25, 0.3) is 5.91 Å². The zero-order valence-corrected chi connectivity index (χ0v) is 17.0. The highest BCUT2D eigenvalue weighted by Gasteiger charge is 2.21. The van der Waals surface area contributed by atoms with E-state index < -0.39 is 0 Å². The van der Waals surface area contributed by atoms with E-state index in [0.717, 1.165) is 35.6 Å². The Hall–Kier alpha value is -1.44. The number of carbonyl (C=O) groups excluding carboxylic acids is 2. The van der Waals surface area contributed by atoms with Crippen LogP contribution in [0.3, 0.4) is 0 Å². The van der Waals surface area contributed by atoms with E-state index in [-0.39, 0.29) is 17.7 Å². The summed E-state index contributed by atoms with van der Waals surface area (Å²) in [6.45, 7) is 2.69. The lowest BCUT2D eigenvalue weighted by atomic mass is 9.89. The maximum Gasteiger partial charge on any atom is 0.263 e. The smallest absolute Gasteiger partial charge is 0.263 e. The Morgan fingerprint density at radius 1 is 1.15 bits per heavy atom. The molecule has 1 aliphatic rings. The maximum atomic E-state index is 12.4. The molecule has 26 heavy (non-hydrogen) atoms. The van der Waals surface area contributed by atoms with Crippen LogP contribution in [0.15, 0.2) is 12.1 Å². The minimum Gasteiger partial charge on any atom is -0.354 e. The van der Waals surface area contributed by atoms with Gasteiger partial charge in [-0.15, -0.1) is 22.7 Å². The van der Waals surface area contributed by atoms with Crippen molar-refractivity contribution < 1.29 is 9.59 Å². The molecular formula is C18H22ClN3O2S2. The Bertz CT molecular complexity index is 781. The number of thiophene rings is 1. The van der Waals surface area contributed by atoms with Crippen LogP contribution in [-0.4, -0.2) is 29.9 Å². The van der Waals surface area contributed by atoms with E-state index in [1.165, 1.54) is 29.1 Å². The summed E-state index contributed by atoms with van der Waals surface area (Å²) in [6.07, 6.45) is 5.46. The Labute approximate surface area is 166 Å². The number of carbonyl (C=O) groups is 2. The highest BCUT2D eigenvalue weighted by molar-refractivity contribution is 7.24. The number of thiazole rings is 1. The molecule has 0 aliphatic heterocycles. The molecule has 0 aromatic carbocycles. The number of amides is 2. The first kappa shape index (κ1) is 19.3. The fourth-order valence-electron chi connectivity index (χ4n) is 3.09. The fraction of sp³-hybridized carbons (Fsp3) is 0.500. The average molecular weight is 412 g/mol. The van der Waals surface area contributed by atoms with Gasteiger partial charge in [0.05, 0.1) is 14.9 Å². The molecule has 3 rings (SSSR count). The molecule has 1 saturated carbocycles. The van der Waals surface area contributed by atoms with Crippen molar-refractivity contribution in [2.45, 2.75) is 39.0 Å². The summed E-state index contributed by atoms with van der Waals surface area (Å²) in [5.74, 6) is 0.106. The van der Waals surface area contributed by atoms with Gasteiger partial charge >= 0.3 is 0 Å². The number of aryl methyl sites for hydroxylation is 1. The van der Waals surface area contributed by atoms with Crippen molar-refractivity contribution in [1.29, 1.82) is 0 Å². The summed E-state index contributed by atoms with van der Waals surface area (Å²) in [4.78, 5) is 30.5. The molecule has 2 heterocycles. The van der Waals surface area contributed by atoms with Gasteiger partial charge in [-0.1, -0.05) is 30.9 Å². The molecule has 2 aromatic heterocycles. The van der Waals surface area contributed by atoms with Gasteiger partial charge in [0.15, 0.2) is 0 Å². The van der Waals surface area contributed by atoms with Crippen LogP contribution >= 0.6 is 34.3 Å². The monoisotopic (exact) mass is 411 g/mol. The number of rotatable bonds is 6. The second kappa shape index (κ2) is 8.97. The number of halogens is 1. The maximum absolute atomic E-state index is 12.4. The molecule has 0 spiro atoms. The van der Waals surface area contributed by atoms with Crippen LogP contribution in [0.1, 0.15) is 47.5 Å². The van der Waals surface area contributed by atoms with Gasteiger partial charge in [0.1, 0.15) is 9.88 Å². The minimum absolute atomic E-state index is 0.116. The van der Waals surface area contributed by atoms with E-state index in [1.807, 2.05) is 19.1 Å². The topological polar surface area (TPSA) is 71.1 Å². The van der Waals surface area contributed by atoms with E-state index in [0.29, 0.717) is 28.0 Å². The second-order valence-electron chi connectivity index (χ2n) is 6.42. The zero-order valence-electron chi connectivity index (χ0n) is 14.6. The number of hydrogen-bond acceptors (Lipinski definition) is 5. The Kier molecular flexibility index (Phi) is 6.67. The van der Waals surface area contributed by atoms with Gasteiger partial charge in [0, 0.05) is 19.0 Å². The van der Waals surface area contributed by atoms with Gasteiger partial charge in [-0.25, -0.2) is 4.98 Å². The molecule has 2 aromatic rings. The summed E-state index contributed by atoms with van der Waals surface area (Å²) in [5.41, 5.74) is 0.707. The number of nitrogens with zero attached hydrogens (tertiary/aromatic N) is 1. The molecule has 140 valence electrons. The summed E-state index contributed by atoms with van der Waals surface area (Å²) >= 11 is 8.78. The average Bonchev–Trinajstić information content (AvgIpc) is 3.25. The van der Waals surface area contributed by atoms with Gasteiger partial charge in [-0.3, -0.25) is 9.59 Å². The number of hydrogen-bond donors (Lipinski definition) is 2. The molecule has 2 amide bonds. The molecule has 0 saturated heterocycles. The van der Waals surface area contributed by atoms with Crippen LogP contribution in [0.2, 0.25) is 4.34 Å². The molecule has 1 aliphatic carbocycles. The van der Waals surface area contributed by atoms with Crippen molar-refractivity contribution in [1.82, 2.24) is 15.6 Å². The van der Waals surface area contributed by atoms with E-state index >= 15 is 0 Å². The molecule has 0 bridgehead atoms. The lowest BCUT2D eigenvalue weighted by Gasteiger charge is -2.20. The van der Waals surface area contributed by atoms with Crippen LogP contribution in [0.25, 0.3) is 9.88 Å². The molecule has 2 N–H and O–H groups in total. The third-order valence-corrected chi connectivity index (χ3v) is 7.03. The summed E-state index contributed by atoms with van der Waals surface area (Å²) < 4.78 is 0.701. The van der Waals surface area contributed by atoms with Gasteiger partial charge in [-0.2, -0.15) is 0 Å². The van der Waals surface area contributed by atoms with Crippen molar-refractivity contribution >= 4 is 46.1 Å². The molecule has 0 unspecified atom stereocenters. The van der Waals surface area contributed by atoms with Crippen LogP contribution in [0.5, 0.6) is 0 Å². The van der Waals surface area contributed by atoms with Crippen LogP contribution in [0.4, 0.5) is 0 Å². The first-order chi connectivity index (χ1) is 12.5. The third-order valence-electron chi connectivity index (χ3n) is 4.47. The first-order valence-electron chi connectivity index (χ1n) is 8.83. The quantitative estimate of drug-likeness (QED) is 0.697. The fourth-order valence-corrected chi connectivity index (χ4v) is 5.17. The summed E-state index contributed by atoms with van der Waals surface area (Å²) in [5, 5.41) is 6.59. The lowest BCUT2D eigenvalue weighted by molar-refractivity contribution is -0.125. The largest absolute Gasteiger partial charge is 0.354 e. The van der Waals surface area contributed by atoms with Crippen molar-refractivity contribution in [3.05, 3.63) is 27.0 Å². The summed E-state index contributed by atoms with van der Waals surface area (Å²) in [6, 6.07) is 3.74. The number of aromatic nitrogens is 1. The van der Waals surface area contributed by atoms with Crippen LogP contribution in [0, 0.1) is 12.8 Å². The van der Waals surface area contributed by atoms with Crippen molar-refractivity contribution in [3.63, 3.8) is 0 Å². The standard InChI is InChI=1S/C18H22ClN3O2S2/c1-11-15(26-18(22-11)13-7-8-14(19)25-13)17(24)21-10-9-20-16(23)12-5-3-2-4-6-12/h7-8,12H,2-6,9-10H2,1H3,(H,20,23)(H,21,24). The Morgan fingerprint density at radius 3 is 2.58 bits per heavy atom. The Morgan fingerprint density at radius 2 is 1.88 bits per heavy atom. The molecule has 1 fully saturated rings. The predicted octanol–water partition coefficient (Wildman–Crippen LogP) is 4.26. The SMILES string of the molecule is Cc1nc(-c2ccc(Cl)s2)sc1C(=O)NCCNC(=O)C1CCCCC1. The molecule has 8 heteroatoms. The van der Waals surface area contributed by atoms with Crippen molar-refractivity contribution in [2.75, 3.05) is 13.1 Å². The zero-order chi connectivity index (χ0) is 18.5. The van der Waals surface area contributed by atoms with Crippen molar-refractivity contribution in [2.24, 2.45) is 5.92 Å². The normalized spacial score (nSPS) is 15.0. The molecule has 0 atom stereocenters. The molecular weight excluding hydrogens is 390 g/mol. The molecule has 5 nitrogen and oxygen atoms in total. The Balaban J connectivity index is 1.47. The molecule has 0 radical (unpaired) electrons. The second-order valence-corrected chi connectivity index (χ2v) is 9.13. The lowest BCUT2D eigenvalue weighted by Crippen LogP contribution is -2.38. The van der Waals surface area contributed by atoms with E-state index in [2.05, 4.69) is 15.6 Å². The highest BCUT2D eigenvalue weighted by Crippen LogP contribution is 2.34. The van der Waals surface area contributed by atoms with Gasteiger partial charge in [-0.05, 0) is 31.9 Å². The van der Waals surface area contributed by atoms with E-state index in [4.69, 9.17) is 11.6 Å². The first-order valence-corrected chi connectivity index (χ1v) is 10.8. The third kappa shape index (κ3) is 4.84. The van der Waals surface area contributed by atoms with E-state index in [9.17, 15) is 9.59 Å². The van der Waals surface area contributed by atoms with Crippen LogP contribution < -0.4 is 10.6 Å². The van der Waals surface area contributed by atoms with Crippen LogP contribution in [-0.2, 0) is 4.79 Å². The van der Waals surface area contributed by atoms with Gasteiger partial charge < -0.3 is 10.6 Å².